The van der Waals surface area contributed by atoms with Crippen LogP contribution < -0.4 is 11.1 Å². The molecule has 0 saturated heterocycles. The predicted octanol–water partition coefficient (Wildman–Crippen LogP) is -0.236. The van der Waals surface area contributed by atoms with Gasteiger partial charge in [-0.05, 0) is 0 Å². The van der Waals surface area contributed by atoms with Crippen LogP contribution in [0, 0.1) is 0 Å². The summed E-state index contributed by atoms with van der Waals surface area (Å²) in [5, 5.41) is 2.90. The number of nitrogens with one attached hydrogen (secondary N) is 1. The normalized spacial score (nSPS) is 9.33. The highest BCUT2D eigenvalue weighted by molar-refractivity contribution is 5.74. The van der Waals surface area contributed by atoms with Crippen molar-refractivity contribution >= 4 is 11.7 Å². The summed E-state index contributed by atoms with van der Waals surface area (Å²) < 4.78 is 0. The van der Waals surface area contributed by atoms with Gasteiger partial charge in [0.1, 0.15) is 5.82 Å². The van der Waals surface area contributed by atoms with Crippen molar-refractivity contribution in [2.45, 2.75) is 6.42 Å². The first-order chi connectivity index (χ1) is 5.79. The fourth-order valence-electron chi connectivity index (χ4n) is 0.704. The molecule has 0 aromatic carbocycles. The van der Waals surface area contributed by atoms with E-state index in [1.807, 2.05) is 0 Å². The van der Waals surface area contributed by atoms with Gasteiger partial charge in [0, 0.05) is 25.4 Å². The highest BCUT2D eigenvalue weighted by Crippen LogP contribution is 1.95. The Hall–Kier alpha value is -1.65. The lowest BCUT2D eigenvalue weighted by Crippen LogP contribution is -2.16. The maximum absolute atomic E-state index is 10.3. The van der Waals surface area contributed by atoms with Crippen LogP contribution in [0.5, 0.6) is 0 Å². The van der Waals surface area contributed by atoms with Crippen molar-refractivity contribution in [2.75, 3.05) is 11.9 Å². The average Bonchev–Trinajstić information content (AvgIpc) is 2.05. The molecule has 1 amide bonds. The Balaban J connectivity index is 2.29. The highest BCUT2D eigenvalue weighted by Gasteiger charge is 1.94. The largest absolute Gasteiger partial charge is 0.370 e. The molecule has 0 atom stereocenters. The van der Waals surface area contributed by atoms with E-state index >= 15 is 0 Å². The van der Waals surface area contributed by atoms with E-state index in [2.05, 4.69) is 15.3 Å². The molecular weight excluding hydrogens is 156 g/mol. The number of nitrogens with two attached hydrogens (primary N) is 1. The summed E-state index contributed by atoms with van der Waals surface area (Å²) in [5.41, 5.74) is 4.94. The van der Waals surface area contributed by atoms with Crippen molar-refractivity contribution in [1.29, 1.82) is 0 Å². The van der Waals surface area contributed by atoms with Crippen LogP contribution in [0.15, 0.2) is 18.6 Å². The number of anilines is 1. The van der Waals surface area contributed by atoms with Crippen molar-refractivity contribution in [1.82, 2.24) is 9.97 Å². The molecule has 0 fully saturated rings. The van der Waals surface area contributed by atoms with Crippen molar-refractivity contribution in [2.24, 2.45) is 5.73 Å². The first-order valence-corrected chi connectivity index (χ1v) is 3.57. The Morgan fingerprint density at radius 1 is 1.58 bits per heavy atom. The van der Waals surface area contributed by atoms with E-state index in [0.29, 0.717) is 18.8 Å². The summed E-state index contributed by atoms with van der Waals surface area (Å²) in [7, 11) is 0. The van der Waals surface area contributed by atoms with Crippen LogP contribution in [0.25, 0.3) is 0 Å². The zero-order valence-electron chi connectivity index (χ0n) is 6.53. The number of carbonyl (C=O) groups excluding carboxylic acids is 1. The number of aromatic nitrogens is 2. The van der Waals surface area contributed by atoms with Gasteiger partial charge in [0.15, 0.2) is 0 Å². The minimum absolute atomic E-state index is 0.302. The molecule has 0 saturated carbocycles. The molecule has 1 rings (SSSR count). The molecule has 1 heterocycles. The van der Waals surface area contributed by atoms with E-state index in [-0.39, 0.29) is 5.91 Å². The summed E-state index contributed by atoms with van der Waals surface area (Å²) in [4.78, 5) is 18.1. The van der Waals surface area contributed by atoms with Crippen LogP contribution >= 0.6 is 0 Å². The molecule has 5 heteroatoms. The summed E-state index contributed by atoms with van der Waals surface area (Å²) >= 11 is 0. The average molecular weight is 166 g/mol. The third-order valence-corrected chi connectivity index (χ3v) is 1.24. The number of carbonyl (C=O) groups is 1. The summed E-state index contributed by atoms with van der Waals surface area (Å²) in [6, 6.07) is 0. The van der Waals surface area contributed by atoms with Crippen molar-refractivity contribution < 1.29 is 4.79 Å². The lowest BCUT2D eigenvalue weighted by atomic mass is 10.4. The van der Waals surface area contributed by atoms with Gasteiger partial charge in [-0.2, -0.15) is 0 Å². The highest BCUT2D eigenvalue weighted by atomic mass is 16.1. The number of primary amides is 1. The predicted molar refractivity (Wildman–Crippen MR) is 44.3 cm³/mol. The minimum atomic E-state index is -0.327. The second kappa shape index (κ2) is 4.27. The van der Waals surface area contributed by atoms with Gasteiger partial charge in [-0.1, -0.05) is 0 Å². The molecule has 0 radical (unpaired) electrons. The number of hydrogen-bond donors (Lipinski definition) is 2. The molecule has 0 spiro atoms. The Kier molecular flexibility index (Phi) is 3.01. The molecule has 0 aliphatic heterocycles. The van der Waals surface area contributed by atoms with Crippen LogP contribution in [0.3, 0.4) is 0 Å². The van der Waals surface area contributed by atoms with Crippen molar-refractivity contribution in [3.05, 3.63) is 18.6 Å². The Bertz CT molecular complexity index is 249. The third kappa shape index (κ3) is 2.96. The van der Waals surface area contributed by atoms with E-state index in [9.17, 15) is 4.79 Å². The molecule has 5 nitrogen and oxygen atoms in total. The molecular formula is C7H10N4O. The zero-order valence-corrected chi connectivity index (χ0v) is 6.53. The Labute approximate surface area is 70.0 Å². The number of nitrogens with zero attached hydrogens (tertiary/aromatic N) is 2. The second-order valence-electron chi connectivity index (χ2n) is 2.23. The van der Waals surface area contributed by atoms with Gasteiger partial charge in [0.05, 0.1) is 6.20 Å². The van der Waals surface area contributed by atoms with Gasteiger partial charge >= 0.3 is 0 Å². The molecule has 0 aliphatic rings. The van der Waals surface area contributed by atoms with Crippen molar-refractivity contribution in [3.8, 4) is 0 Å². The van der Waals surface area contributed by atoms with Gasteiger partial charge < -0.3 is 11.1 Å². The molecule has 3 N–H and O–H groups in total. The SMILES string of the molecule is NC(=O)CCNc1cnccn1. The first-order valence-electron chi connectivity index (χ1n) is 3.57. The Morgan fingerprint density at radius 2 is 2.42 bits per heavy atom. The minimum Gasteiger partial charge on any atom is -0.370 e. The van der Waals surface area contributed by atoms with Crippen LogP contribution in [0.1, 0.15) is 6.42 Å². The van der Waals surface area contributed by atoms with E-state index in [0.717, 1.165) is 0 Å². The number of rotatable bonds is 4. The van der Waals surface area contributed by atoms with Crippen LogP contribution in [-0.2, 0) is 4.79 Å². The first kappa shape index (κ1) is 8.45. The lowest BCUT2D eigenvalue weighted by Gasteiger charge is -2.01. The smallest absolute Gasteiger partial charge is 0.219 e. The monoisotopic (exact) mass is 166 g/mol. The topological polar surface area (TPSA) is 80.9 Å². The molecule has 0 aliphatic carbocycles. The zero-order chi connectivity index (χ0) is 8.81. The van der Waals surface area contributed by atoms with Crippen LogP contribution in [0.4, 0.5) is 5.82 Å². The van der Waals surface area contributed by atoms with Crippen molar-refractivity contribution in [3.63, 3.8) is 0 Å². The van der Waals surface area contributed by atoms with Gasteiger partial charge in [-0.15, -0.1) is 0 Å². The standard InChI is InChI=1S/C7H10N4O/c8-6(12)1-2-10-7-5-9-3-4-11-7/h3-5H,1-2H2,(H2,8,12)(H,10,11). The molecule has 64 valence electrons. The van der Waals surface area contributed by atoms with Gasteiger partial charge in [0.25, 0.3) is 0 Å². The Morgan fingerprint density at radius 3 is 3.00 bits per heavy atom. The van der Waals surface area contributed by atoms with E-state index < -0.39 is 0 Å². The van der Waals surface area contributed by atoms with Gasteiger partial charge in [-0.25, -0.2) is 4.98 Å². The molecule has 1 aromatic heterocycles. The lowest BCUT2D eigenvalue weighted by molar-refractivity contribution is -0.117. The van der Waals surface area contributed by atoms with E-state index in [1.54, 1.807) is 18.6 Å². The van der Waals surface area contributed by atoms with E-state index in [4.69, 9.17) is 5.73 Å². The molecule has 0 bridgehead atoms. The summed E-state index contributed by atoms with van der Waals surface area (Å²) in [5.74, 6) is 0.324. The molecule has 0 unspecified atom stereocenters. The number of hydrogen-bond acceptors (Lipinski definition) is 4. The molecule has 12 heavy (non-hydrogen) atoms. The summed E-state index contributed by atoms with van der Waals surface area (Å²) in [6.07, 6.45) is 5.05. The molecule has 1 aromatic rings. The number of amides is 1. The second-order valence-corrected chi connectivity index (χ2v) is 2.23. The maximum Gasteiger partial charge on any atom is 0.219 e. The summed E-state index contributed by atoms with van der Waals surface area (Å²) in [6.45, 7) is 0.494. The van der Waals surface area contributed by atoms with Crippen LogP contribution in [-0.4, -0.2) is 22.4 Å². The van der Waals surface area contributed by atoms with Crippen LogP contribution in [0.2, 0.25) is 0 Å². The quantitative estimate of drug-likeness (QED) is 0.647. The maximum atomic E-state index is 10.3. The van der Waals surface area contributed by atoms with E-state index in [1.165, 1.54) is 0 Å². The van der Waals surface area contributed by atoms with Gasteiger partial charge in [-0.3, -0.25) is 9.78 Å². The fraction of sp³-hybridized carbons (Fsp3) is 0.286. The third-order valence-electron chi connectivity index (χ3n) is 1.24. The van der Waals surface area contributed by atoms with Gasteiger partial charge in [0.2, 0.25) is 5.91 Å². The fourth-order valence-corrected chi connectivity index (χ4v) is 0.704.